The topological polar surface area (TPSA) is 72.3 Å². The van der Waals surface area contributed by atoms with Crippen molar-refractivity contribution < 1.29 is 14.6 Å². The molecule has 5 nitrogen and oxygen atoms in total. The summed E-state index contributed by atoms with van der Waals surface area (Å²) >= 11 is 0. The van der Waals surface area contributed by atoms with Gasteiger partial charge in [-0.2, -0.15) is 0 Å². The molecule has 92 valence electrons. The van der Waals surface area contributed by atoms with E-state index < -0.39 is 11.9 Å². The minimum atomic E-state index is -0.894. The van der Waals surface area contributed by atoms with Gasteiger partial charge in [0.15, 0.2) is 0 Å². The third kappa shape index (κ3) is 2.79. The molecule has 1 aromatic heterocycles. The first-order valence-corrected chi connectivity index (χ1v) is 5.82. The van der Waals surface area contributed by atoms with E-state index in [9.17, 15) is 4.79 Å². The van der Waals surface area contributed by atoms with Crippen LogP contribution in [0.4, 0.5) is 0 Å². The van der Waals surface area contributed by atoms with Crippen LogP contribution in [-0.2, 0) is 9.53 Å². The van der Waals surface area contributed by atoms with Crippen molar-refractivity contribution in [2.24, 2.45) is 0 Å². The lowest BCUT2D eigenvalue weighted by atomic mass is 9.96. The van der Waals surface area contributed by atoms with Crippen LogP contribution in [0.15, 0.2) is 12.3 Å². The van der Waals surface area contributed by atoms with Crippen LogP contribution in [-0.4, -0.2) is 34.3 Å². The molecule has 1 atom stereocenters. The average Bonchev–Trinajstić information content (AvgIpc) is 2.39. The summed E-state index contributed by atoms with van der Waals surface area (Å²) in [7, 11) is 0. The number of rotatable bonds is 3. The number of nitrogens with zero attached hydrogens (tertiary/aromatic N) is 2. The molecule has 0 amide bonds. The van der Waals surface area contributed by atoms with Gasteiger partial charge in [0.1, 0.15) is 11.7 Å². The fourth-order valence-electron chi connectivity index (χ4n) is 1.93. The van der Waals surface area contributed by atoms with Crippen LogP contribution >= 0.6 is 0 Å². The number of ether oxygens (including phenoxy) is 1. The Balaban J connectivity index is 2.18. The smallest absolute Gasteiger partial charge is 0.313 e. The molecule has 0 aromatic carbocycles. The van der Waals surface area contributed by atoms with Crippen molar-refractivity contribution in [2.75, 3.05) is 13.2 Å². The van der Waals surface area contributed by atoms with Gasteiger partial charge in [-0.15, -0.1) is 0 Å². The maximum atomic E-state index is 10.9. The summed E-state index contributed by atoms with van der Waals surface area (Å²) in [4.78, 5) is 19.3. The zero-order valence-electron chi connectivity index (χ0n) is 9.80. The summed E-state index contributed by atoms with van der Waals surface area (Å²) in [5, 5.41) is 8.94. The maximum absolute atomic E-state index is 10.9. The highest BCUT2D eigenvalue weighted by atomic mass is 16.5. The highest BCUT2D eigenvalue weighted by Crippen LogP contribution is 2.25. The molecular weight excluding hydrogens is 220 g/mol. The molecule has 1 aliphatic heterocycles. The predicted octanol–water partition coefficient (Wildman–Crippen LogP) is 1.56. The Hall–Kier alpha value is -1.49. The van der Waals surface area contributed by atoms with Gasteiger partial charge in [0.25, 0.3) is 0 Å². The van der Waals surface area contributed by atoms with Gasteiger partial charge in [-0.25, -0.2) is 9.97 Å². The summed E-state index contributed by atoms with van der Waals surface area (Å²) in [5.74, 6) is -0.795. The molecule has 1 N–H and O–H groups in total. The molecule has 1 saturated heterocycles. The summed E-state index contributed by atoms with van der Waals surface area (Å²) in [5.41, 5.74) is 0.936. The Morgan fingerprint density at radius 1 is 1.53 bits per heavy atom. The van der Waals surface area contributed by atoms with Gasteiger partial charge in [-0.1, -0.05) is 0 Å². The van der Waals surface area contributed by atoms with E-state index in [0.29, 0.717) is 11.7 Å². The van der Waals surface area contributed by atoms with Crippen LogP contribution in [0.2, 0.25) is 0 Å². The fourth-order valence-corrected chi connectivity index (χ4v) is 1.93. The molecule has 2 heterocycles. The van der Waals surface area contributed by atoms with Crippen LogP contribution in [0.3, 0.4) is 0 Å². The molecule has 1 aromatic rings. The van der Waals surface area contributed by atoms with E-state index in [4.69, 9.17) is 9.84 Å². The average molecular weight is 236 g/mol. The zero-order valence-corrected chi connectivity index (χ0v) is 9.80. The summed E-state index contributed by atoms with van der Waals surface area (Å²) in [6.07, 6.45) is 3.53. The van der Waals surface area contributed by atoms with Gasteiger partial charge in [-0.3, -0.25) is 4.79 Å². The van der Waals surface area contributed by atoms with Crippen molar-refractivity contribution >= 4 is 5.97 Å². The third-order valence-electron chi connectivity index (χ3n) is 3.09. The molecule has 0 aliphatic carbocycles. The summed E-state index contributed by atoms with van der Waals surface area (Å²) in [6, 6.07) is 1.87. The molecule has 0 spiro atoms. The Morgan fingerprint density at radius 3 is 2.88 bits per heavy atom. The van der Waals surface area contributed by atoms with Crippen molar-refractivity contribution in [3.8, 4) is 0 Å². The second-order valence-electron chi connectivity index (χ2n) is 4.29. The van der Waals surface area contributed by atoms with Crippen LogP contribution in [0.25, 0.3) is 0 Å². The largest absolute Gasteiger partial charge is 0.481 e. The first kappa shape index (κ1) is 12.0. The molecule has 1 unspecified atom stereocenters. The van der Waals surface area contributed by atoms with E-state index in [-0.39, 0.29) is 0 Å². The normalized spacial score (nSPS) is 18.9. The fraction of sp³-hybridized carbons (Fsp3) is 0.583. The molecule has 0 bridgehead atoms. The number of carboxylic acids is 1. The Bertz CT molecular complexity index is 402. The van der Waals surface area contributed by atoms with Gasteiger partial charge in [0.05, 0.1) is 0 Å². The van der Waals surface area contributed by atoms with Crippen molar-refractivity contribution in [1.29, 1.82) is 0 Å². The monoisotopic (exact) mass is 236 g/mol. The maximum Gasteiger partial charge on any atom is 0.313 e. The lowest BCUT2D eigenvalue weighted by Gasteiger charge is -2.21. The van der Waals surface area contributed by atoms with E-state index in [0.717, 1.165) is 31.7 Å². The molecule has 2 rings (SSSR count). The first-order valence-electron chi connectivity index (χ1n) is 5.82. The van der Waals surface area contributed by atoms with E-state index in [2.05, 4.69) is 9.97 Å². The van der Waals surface area contributed by atoms with Crippen LogP contribution in [0.1, 0.15) is 43.1 Å². The number of carbonyl (C=O) groups is 1. The van der Waals surface area contributed by atoms with Gasteiger partial charge in [0, 0.05) is 31.0 Å². The number of aromatic nitrogens is 2. The van der Waals surface area contributed by atoms with Crippen molar-refractivity contribution in [3.63, 3.8) is 0 Å². The van der Waals surface area contributed by atoms with Crippen molar-refractivity contribution in [3.05, 3.63) is 23.8 Å². The lowest BCUT2D eigenvalue weighted by Crippen LogP contribution is -2.17. The second kappa shape index (κ2) is 5.23. The molecule has 1 aliphatic rings. The molecule has 17 heavy (non-hydrogen) atoms. The van der Waals surface area contributed by atoms with E-state index in [1.807, 2.05) is 6.07 Å². The number of hydrogen-bond acceptors (Lipinski definition) is 4. The second-order valence-corrected chi connectivity index (χ2v) is 4.29. The Morgan fingerprint density at radius 2 is 2.24 bits per heavy atom. The molecule has 1 fully saturated rings. The van der Waals surface area contributed by atoms with Crippen molar-refractivity contribution in [1.82, 2.24) is 9.97 Å². The van der Waals surface area contributed by atoms with Crippen LogP contribution < -0.4 is 0 Å². The Kier molecular flexibility index (Phi) is 3.68. The summed E-state index contributed by atoms with van der Waals surface area (Å²) in [6.45, 7) is 3.10. The van der Waals surface area contributed by atoms with Crippen LogP contribution in [0, 0.1) is 0 Å². The van der Waals surface area contributed by atoms with Gasteiger partial charge < -0.3 is 9.84 Å². The molecule has 5 heteroatoms. The molecule has 0 saturated carbocycles. The standard InChI is InChI=1S/C12H16N2O3/c1-8(12(15)16)11-13-5-2-10(14-11)9-3-6-17-7-4-9/h2,5,8-9H,3-4,6-7H2,1H3,(H,15,16). The number of hydrogen-bond donors (Lipinski definition) is 1. The quantitative estimate of drug-likeness (QED) is 0.862. The van der Waals surface area contributed by atoms with Gasteiger partial charge in [0.2, 0.25) is 0 Å². The minimum Gasteiger partial charge on any atom is -0.481 e. The number of aliphatic carboxylic acids is 1. The van der Waals surface area contributed by atoms with Crippen molar-refractivity contribution in [2.45, 2.75) is 31.6 Å². The van der Waals surface area contributed by atoms with E-state index in [1.165, 1.54) is 0 Å². The highest BCUT2D eigenvalue weighted by molar-refractivity contribution is 5.74. The predicted molar refractivity (Wildman–Crippen MR) is 60.9 cm³/mol. The van der Waals surface area contributed by atoms with E-state index in [1.54, 1.807) is 13.1 Å². The van der Waals surface area contributed by atoms with E-state index >= 15 is 0 Å². The number of carboxylic acid groups (broad SMARTS) is 1. The minimum absolute atomic E-state index is 0.367. The van der Waals surface area contributed by atoms with Crippen LogP contribution in [0.5, 0.6) is 0 Å². The third-order valence-corrected chi connectivity index (χ3v) is 3.09. The Labute approximate surface area is 99.9 Å². The summed E-state index contributed by atoms with van der Waals surface area (Å²) < 4.78 is 5.30. The molecular formula is C12H16N2O3. The zero-order chi connectivity index (χ0) is 12.3. The highest BCUT2D eigenvalue weighted by Gasteiger charge is 2.21. The lowest BCUT2D eigenvalue weighted by molar-refractivity contribution is -0.138. The van der Waals surface area contributed by atoms with Gasteiger partial charge >= 0.3 is 5.97 Å². The van der Waals surface area contributed by atoms with Gasteiger partial charge in [-0.05, 0) is 25.8 Å². The SMILES string of the molecule is CC(C(=O)O)c1nccc(C2CCOCC2)n1. The first-order chi connectivity index (χ1) is 8.18. The molecule has 0 radical (unpaired) electrons.